The van der Waals surface area contributed by atoms with Crippen LogP contribution in [0, 0.1) is 10.1 Å². The Hall–Kier alpha value is -2.17. The first kappa shape index (κ1) is 11.0. The lowest BCUT2D eigenvalue weighted by Gasteiger charge is -2.15. The van der Waals surface area contributed by atoms with Gasteiger partial charge >= 0.3 is 5.70 Å². The average molecular weight is 245 g/mol. The molecule has 0 saturated carbocycles. The molecule has 3 rings (SSSR count). The zero-order valence-electron chi connectivity index (χ0n) is 9.64. The third kappa shape index (κ3) is 1.51. The fourth-order valence-corrected chi connectivity index (χ4v) is 2.46. The van der Waals surface area contributed by atoms with Crippen LogP contribution in [0.2, 0.25) is 0 Å². The summed E-state index contributed by atoms with van der Waals surface area (Å²) in [4.78, 5) is 22.8. The summed E-state index contributed by atoms with van der Waals surface area (Å²) in [6.45, 7) is 0. The van der Waals surface area contributed by atoms with Crippen molar-refractivity contribution in [3.05, 3.63) is 61.2 Å². The Morgan fingerprint density at radius 2 is 2.00 bits per heavy atom. The number of hydrogen-bond donors (Lipinski definition) is 0. The van der Waals surface area contributed by atoms with Gasteiger partial charge in [0.25, 0.3) is 0 Å². The minimum Gasteiger partial charge on any atom is -0.453 e. The molecule has 0 aliphatic heterocycles. The van der Waals surface area contributed by atoms with Crippen molar-refractivity contribution in [3.8, 4) is 0 Å². The summed E-state index contributed by atoms with van der Waals surface area (Å²) in [5.41, 5.74) is 0.952. The lowest BCUT2D eigenvalue weighted by molar-refractivity contribution is -0.377. The molecule has 1 heterocycles. The molecule has 0 unspecified atom stereocenters. The molecule has 2 aliphatic carbocycles. The van der Waals surface area contributed by atoms with Crippen molar-refractivity contribution in [2.45, 2.75) is 25.7 Å². The Kier molecular flexibility index (Phi) is 2.40. The molecule has 0 radical (unpaired) electrons. The number of nitro groups is 1. The molecule has 0 spiro atoms. The topological polar surface area (TPSA) is 73.3 Å². The van der Waals surface area contributed by atoms with Crippen LogP contribution < -0.4 is 5.43 Å². The Morgan fingerprint density at radius 1 is 1.22 bits per heavy atom. The van der Waals surface area contributed by atoms with Gasteiger partial charge in [0.15, 0.2) is 5.43 Å². The maximum atomic E-state index is 12.3. The van der Waals surface area contributed by atoms with Crippen molar-refractivity contribution in [1.29, 1.82) is 0 Å². The first-order valence-electron chi connectivity index (χ1n) is 5.86. The zero-order valence-corrected chi connectivity index (χ0v) is 9.64. The highest BCUT2D eigenvalue weighted by molar-refractivity contribution is 5.59. The van der Waals surface area contributed by atoms with Gasteiger partial charge in [-0.1, -0.05) is 12.2 Å². The quantitative estimate of drug-likeness (QED) is 0.430. The third-order valence-corrected chi connectivity index (χ3v) is 3.34. The molecular weight excluding hydrogens is 234 g/mol. The van der Waals surface area contributed by atoms with E-state index in [2.05, 4.69) is 0 Å². The molecule has 0 N–H and O–H groups in total. The van der Waals surface area contributed by atoms with Crippen LogP contribution in [0.5, 0.6) is 0 Å². The Labute approximate surface area is 103 Å². The van der Waals surface area contributed by atoms with E-state index in [1.54, 1.807) is 0 Å². The first-order chi connectivity index (χ1) is 8.68. The van der Waals surface area contributed by atoms with Gasteiger partial charge in [-0.15, -0.1) is 0 Å². The van der Waals surface area contributed by atoms with Gasteiger partial charge in [-0.3, -0.25) is 14.9 Å². The van der Waals surface area contributed by atoms with Crippen molar-refractivity contribution in [2.24, 2.45) is 0 Å². The van der Waals surface area contributed by atoms with Crippen LogP contribution in [0.15, 0.2) is 27.4 Å². The van der Waals surface area contributed by atoms with Gasteiger partial charge in [-0.05, 0) is 25.3 Å². The summed E-state index contributed by atoms with van der Waals surface area (Å²) >= 11 is 0. The molecule has 5 heteroatoms. The second-order valence-corrected chi connectivity index (χ2v) is 4.41. The number of hydrogen-bond acceptors (Lipinski definition) is 4. The molecular formula is C13H11NO4. The second-order valence-electron chi connectivity index (χ2n) is 4.41. The predicted octanol–water partition coefficient (Wildman–Crippen LogP) is 1.86. The monoisotopic (exact) mass is 245 g/mol. The maximum Gasteiger partial charge on any atom is 0.308 e. The summed E-state index contributed by atoms with van der Waals surface area (Å²) in [5, 5.41) is 11.0. The molecule has 0 saturated heterocycles. The molecule has 92 valence electrons. The number of nitrogens with zero attached hydrogens (tertiary/aromatic N) is 1. The average Bonchev–Trinajstić information content (AvgIpc) is 2.38. The Balaban J connectivity index is 2.26. The van der Waals surface area contributed by atoms with Crippen molar-refractivity contribution in [1.82, 2.24) is 0 Å². The molecule has 5 nitrogen and oxygen atoms in total. The number of fused-ring (bicyclic) bond motifs is 2. The molecule has 0 amide bonds. The SMILES string of the molecule is O=c1c2c(oc3c1CCC=C3[N+](=O)[O-])CC=CC2. The van der Waals surface area contributed by atoms with Crippen LogP contribution in [0.25, 0.3) is 5.70 Å². The number of rotatable bonds is 1. The van der Waals surface area contributed by atoms with E-state index < -0.39 is 4.92 Å². The summed E-state index contributed by atoms with van der Waals surface area (Å²) < 4.78 is 5.62. The summed E-state index contributed by atoms with van der Waals surface area (Å²) in [6.07, 6.45) is 7.49. The normalized spacial score (nSPS) is 16.8. The van der Waals surface area contributed by atoms with Crippen LogP contribution in [-0.4, -0.2) is 4.92 Å². The largest absolute Gasteiger partial charge is 0.453 e. The fraction of sp³-hybridized carbons (Fsp3) is 0.308. The van der Waals surface area contributed by atoms with E-state index in [9.17, 15) is 14.9 Å². The minimum absolute atomic E-state index is 0.0781. The van der Waals surface area contributed by atoms with Gasteiger partial charge < -0.3 is 4.42 Å². The van der Waals surface area contributed by atoms with Crippen LogP contribution >= 0.6 is 0 Å². The van der Waals surface area contributed by atoms with Crippen molar-refractivity contribution < 1.29 is 9.34 Å². The van der Waals surface area contributed by atoms with Crippen LogP contribution in [0.4, 0.5) is 0 Å². The first-order valence-corrected chi connectivity index (χ1v) is 5.86. The highest BCUT2D eigenvalue weighted by atomic mass is 16.6. The van der Waals surface area contributed by atoms with E-state index in [0.29, 0.717) is 42.6 Å². The molecule has 1 aromatic rings. The lowest BCUT2D eigenvalue weighted by Crippen LogP contribution is -2.23. The standard InChI is InChI=1S/C13H11NO4/c15-12-8-4-1-2-7-11(8)18-13-9(12)5-3-6-10(13)14(16)17/h1-2,6H,3-5,7H2. The van der Waals surface area contributed by atoms with Crippen molar-refractivity contribution in [3.63, 3.8) is 0 Å². The number of allylic oxidation sites excluding steroid dienone is 3. The molecule has 0 atom stereocenters. The highest BCUT2D eigenvalue weighted by Crippen LogP contribution is 2.28. The molecule has 0 bridgehead atoms. The second kappa shape index (κ2) is 3.94. The van der Waals surface area contributed by atoms with Gasteiger partial charge in [0, 0.05) is 12.0 Å². The fourth-order valence-electron chi connectivity index (χ4n) is 2.46. The van der Waals surface area contributed by atoms with Gasteiger partial charge in [0.2, 0.25) is 5.76 Å². The molecule has 2 aliphatic rings. The minimum atomic E-state index is -0.480. The third-order valence-electron chi connectivity index (χ3n) is 3.34. The van der Waals surface area contributed by atoms with Gasteiger partial charge in [-0.25, -0.2) is 0 Å². The smallest absolute Gasteiger partial charge is 0.308 e. The van der Waals surface area contributed by atoms with Crippen molar-refractivity contribution >= 4 is 5.70 Å². The van der Waals surface area contributed by atoms with Crippen LogP contribution in [-0.2, 0) is 19.3 Å². The molecule has 1 aromatic heterocycles. The van der Waals surface area contributed by atoms with E-state index in [4.69, 9.17) is 4.42 Å². The molecule has 0 fully saturated rings. The lowest BCUT2D eigenvalue weighted by atomic mass is 9.94. The summed E-state index contributed by atoms with van der Waals surface area (Å²) in [5.74, 6) is 0.723. The molecule has 18 heavy (non-hydrogen) atoms. The zero-order chi connectivity index (χ0) is 12.7. The van der Waals surface area contributed by atoms with Gasteiger partial charge in [0.05, 0.1) is 10.5 Å². The summed E-state index contributed by atoms with van der Waals surface area (Å²) in [6, 6.07) is 0. The van der Waals surface area contributed by atoms with E-state index in [0.717, 1.165) is 0 Å². The Bertz CT molecular complexity index is 652. The van der Waals surface area contributed by atoms with E-state index in [1.807, 2.05) is 12.2 Å². The van der Waals surface area contributed by atoms with Crippen LogP contribution in [0.1, 0.15) is 29.1 Å². The van der Waals surface area contributed by atoms with Gasteiger partial charge in [0.1, 0.15) is 5.76 Å². The van der Waals surface area contributed by atoms with E-state index in [-0.39, 0.29) is 16.9 Å². The predicted molar refractivity (Wildman–Crippen MR) is 64.8 cm³/mol. The summed E-state index contributed by atoms with van der Waals surface area (Å²) in [7, 11) is 0. The van der Waals surface area contributed by atoms with E-state index in [1.165, 1.54) is 6.08 Å². The van der Waals surface area contributed by atoms with Crippen molar-refractivity contribution in [2.75, 3.05) is 0 Å². The maximum absolute atomic E-state index is 12.3. The highest BCUT2D eigenvalue weighted by Gasteiger charge is 2.29. The molecule has 0 aromatic carbocycles. The van der Waals surface area contributed by atoms with Crippen LogP contribution in [0.3, 0.4) is 0 Å². The Morgan fingerprint density at radius 3 is 2.78 bits per heavy atom. The van der Waals surface area contributed by atoms with E-state index >= 15 is 0 Å². The van der Waals surface area contributed by atoms with Gasteiger partial charge in [-0.2, -0.15) is 0 Å².